The summed E-state index contributed by atoms with van der Waals surface area (Å²) in [6.07, 6.45) is 0.602. The van der Waals surface area contributed by atoms with E-state index in [2.05, 4.69) is 21.3 Å². The topological polar surface area (TPSA) is 57.4 Å². The fourth-order valence-corrected chi connectivity index (χ4v) is 1.34. The fourth-order valence-electron chi connectivity index (χ4n) is 1.34. The van der Waals surface area contributed by atoms with Crippen LogP contribution in [-0.4, -0.2) is 32.5 Å². The zero-order valence-corrected chi connectivity index (χ0v) is 5.85. The summed E-state index contributed by atoms with van der Waals surface area (Å²) in [6.45, 7) is 0.853. The summed E-state index contributed by atoms with van der Waals surface area (Å²) in [4.78, 5) is 0. The van der Waals surface area contributed by atoms with Gasteiger partial charge in [-0.3, -0.25) is 21.3 Å². The fraction of sp³-hybridized carbons (Fsp3) is 1.00. The van der Waals surface area contributed by atoms with Gasteiger partial charge in [0, 0.05) is 13.8 Å². The van der Waals surface area contributed by atoms with Gasteiger partial charge in [0.25, 0.3) is 0 Å². The third kappa shape index (κ3) is 0.920. The number of hydrogen-bond donors (Lipinski definition) is 4. The highest BCUT2D eigenvalue weighted by molar-refractivity contribution is 4.90. The molecule has 2 atom stereocenters. The lowest BCUT2D eigenvalue weighted by Gasteiger charge is -2.10. The molecule has 4 N–H and O–H groups in total. The number of hydrogen-bond acceptors (Lipinski definition) is 5. The maximum atomic E-state index is 5.05. The minimum atomic E-state index is -0.0182. The maximum absolute atomic E-state index is 5.05. The van der Waals surface area contributed by atoms with Crippen molar-refractivity contribution in [3.63, 3.8) is 0 Å². The van der Waals surface area contributed by atoms with Gasteiger partial charge in [0.1, 0.15) is 0 Å². The SMILES string of the molecule is COC1NC2NCNC2N1. The first-order chi connectivity index (χ1) is 4.90. The standard InChI is InChI=1S/C5H12N4O/c1-10-5-8-3-4(9-5)7-2-6-3/h3-9H,2H2,1H3. The van der Waals surface area contributed by atoms with Gasteiger partial charge in [0.15, 0.2) is 6.35 Å². The van der Waals surface area contributed by atoms with E-state index in [4.69, 9.17) is 4.74 Å². The van der Waals surface area contributed by atoms with Crippen molar-refractivity contribution in [2.75, 3.05) is 13.8 Å². The van der Waals surface area contributed by atoms with Crippen LogP contribution in [0.1, 0.15) is 0 Å². The maximum Gasteiger partial charge on any atom is 0.165 e. The predicted octanol–water partition coefficient (Wildman–Crippen LogP) is -2.09. The molecule has 0 aromatic heterocycles. The van der Waals surface area contributed by atoms with Gasteiger partial charge in [-0.2, -0.15) is 0 Å². The normalized spacial score (nSPS) is 45.9. The van der Waals surface area contributed by atoms with Gasteiger partial charge in [-0.15, -0.1) is 0 Å². The van der Waals surface area contributed by atoms with Crippen molar-refractivity contribution in [2.45, 2.75) is 18.7 Å². The Balaban J connectivity index is 1.94. The first-order valence-electron chi connectivity index (χ1n) is 3.42. The van der Waals surface area contributed by atoms with Gasteiger partial charge in [0.2, 0.25) is 0 Å². The molecule has 2 aliphatic heterocycles. The molecule has 2 saturated heterocycles. The van der Waals surface area contributed by atoms with E-state index in [0.29, 0.717) is 12.3 Å². The molecule has 10 heavy (non-hydrogen) atoms. The van der Waals surface area contributed by atoms with Gasteiger partial charge >= 0.3 is 0 Å². The molecule has 0 amide bonds. The summed E-state index contributed by atoms with van der Waals surface area (Å²) in [5, 5.41) is 12.8. The Morgan fingerprint density at radius 3 is 2.30 bits per heavy atom. The minimum Gasteiger partial charge on any atom is -0.353 e. The number of nitrogens with one attached hydrogen (secondary N) is 4. The van der Waals surface area contributed by atoms with Crippen molar-refractivity contribution in [1.82, 2.24) is 21.3 Å². The van der Waals surface area contributed by atoms with Crippen molar-refractivity contribution in [2.24, 2.45) is 0 Å². The second kappa shape index (κ2) is 2.44. The smallest absolute Gasteiger partial charge is 0.165 e. The van der Waals surface area contributed by atoms with Crippen molar-refractivity contribution >= 4 is 0 Å². The van der Waals surface area contributed by atoms with E-state index in [1.807, 2.05) is 0 Å². The molecule has 2 rings (SSSR count). The largest absolute Gasteiger partial charge is 0.353 e. The van der Waals surface area contributed by atoms with Crippen LogP contribution in [0.3, 0.4) is 0 Å². The molecule has 58 valence electrons. The van der Waals surface area contributed by atoms with Crippen LogP contribution in [0.5, 0.6) is 0 Å². The zero-order valence-electron chi connectivity index (χ0n) is 5.85. The first-order valence-corrected chi connectivity index (χ1v) is 3.42. The van der Waals surface area contributed by atoms with Gasteiger partial charge in [-0.25, -0.2) is 0 Å². The Hall–Kier alpha value is -0.200. The molecule has 0 aromatic rings. The molecule has 2 unspecified atom stereocenters. The number of methoxy groups -OCH3 is 1. The van der Waals surface area contributed by atoms with Crippen LogP contribution < -0.4 is 21.3 Å². The Bertz CT molecular complexity index is 119. The summed E-state index contributed by atoms with van der Waals surface area (Å²) in [6, 6.07) is 0. The molecule has 0 spiro atoms. The number of fused-ring (bicyclic) bond motifs is 1. The Morgan fingerprint density at radius 1 is 1.20 bits per heavy atom. The number of ether oxygens (including phenoxy) is 1. The molecule has 5 nitrogen and oxygen atoms in total. The van der Waals surface area contributed by atoms with Gasteiger partial charge in [-0.1, -0.05) is 0 Å². The van der Waals surface area contributed by atoms with Gasteiger partial charge in [-0.05, 0) is 0 Å². The van der Waals surface area contributed by atoms with Crippen LogP contribution in [0.4, 0.5) is 0 Å². The highest BCUT2D eigenvalue weighted by Gasteiger charge is 2.35. The molecule has 0 bridgehead atoms. The molecule has 0 saturated carbocycles. The Morgan fingerprint density at radius 2 is 1.80 bits per heavy atom. The first kappa shape index (κ1) is 6.51. The summed E-state index contributed by atoms with van der Waals surface area (Å²) < 4.78 is 5.05. The van der Waals surface area contributed by atoms with E-state index < -0.39 is 0 Å². The van der Waals surface area contributed by atoms with E-state index in [-0.39, 0.29) is 6.35 Å². The number of rotatable bonds is 1. The highest BCUT2D eigenvalue weighted by Crippen LogP contribution is 2.02. The second-order valence-corrected chi connectivity index (χ2v) is 2.49. The lowest BCUT2D eigenvalue weighted by Crippen LogP contribution is -2.41. The zero-order chi connectivity index (χ0) is 6.97. The van der Waals surface area contributed by atoms with Crippen molar-refractivity contribution in [1.29, 1.82) is 0 Å². The van der Waals surface area contributed by atoms with Crippen LogP contribution >= 0.6 is 0 Å². The van der Waals surface area contributed by atoms with Crippen molar-refractivity contribution < 1.29 is 4.74 Å². The van der Waals surface area contributed by atoms with E-state index in [1.54, 1.807) is 7.11 Å². The molecule has 2 fully saturated rings. The third-order valence-corrected chi connectivity index (χ3v) is 1.87. The van der Waals surface area contributed by atoms with Crippen LogP contribution in [0, 0.1) is 0 Å². The Labute approximate surface area is 59.5 Å². The van der Waals surface area contributed by atoms with Crippen LogP contribution in [0.15, 0.2) is 0 Å². The summed E-state index contributed by atoms with van der Waals surface area (Å²) in [5.41, 5.74) is 0. The molecule has 2 heterocycles. The lowest BCUT2D eigenvalue weighted by molar-refractivity contribution is 0.0638. The second-order valence-electron chi connectivity index (χ2n) is 2.49. The monoisotopic (exact) mass is 144 g/mol. The average molecular weight is 144 g/mol. The third-order valence-electron chi connectivity index (χ3n) is 1.87. The van der Waals surface area contributed by atoms with Crippen molar-refractivity contribution in [3.05, 3.63) is 0 Å². The van der Waals surface area contributed by atoms with Crippen LogP contribution in [-0.2, 0) is 4.74 Å². The van der Waals surface area contributed by atoms with Crippen molar-refractivity contribution in [3.8, 4) is 0 Å². The van der Waals surface area contributed by atoms with E-state index in [1.165, 1.54) is 0 Å². The quantitative estimate of drug-likeness (QED) is 0.340. The van der Waals surface area contributed by atoms with E-state index in [0.717, 1.165) is 6.67 Å². The highest BCUT2D eigenvalue weighted by atomic mass is 16.5. The summed E-state index contributed by atoms with van der Waals surface area (Å²) in [5.74, 6) is 0. The van der Waals surface area contributed by atoms with Crippen LogP contribution in [0.25, 0.3) is 0 Å². The summed E-state index contributed by atoms with van der Waals surface area (Å²) in [7, 11) is 1.67. The lowest BCUT2D eigenvalue weighted by atomic mass is 10.4. The van der Waals surface area contributed by atoms with Gasteiger partial charge < -0.3 is 4.74 Å². The molecule has 2 aliphatic rings. The van der Waals surface area contributed by atoms with Crippen LogP contribution in [0.2, 0.25) is 0 Å². The Kier molecular flexibility index (Phi) is 1.59. The van der Waals surface area contributed by atoms with Gasteiger partial charge in [0.05, 0.1) is 12.3 Å². The molecule has 5 heteroatoms. The molecular weight excluding hydrogens is 132 g/mol. The van der Waals surface area contributed by atoms with E-state index >= 15 is 0 Å². The molecule has 0 aliphatic carbocycles. The molecule has 0 aromatic carbocycles. The minimum absolute atomic E-state index is 0.0182. The predicted molar refractivity (Wildman–Crippen MR) is 35.8 cm³/mol. The molecular formula is C5H12N4O. The molecule has 0 radical (unpaired) electrons. The summed E-state index contributed by atoms with van der Waals surface area (Å²) >= 11 is 0. The van der Waals surface area contributed by atoms with E-state index in [9.17, 15) is 0 Å². The average Bonchev–Trinajstić information content (AvgIpc) is 2.42.